The Labute approximate surface area is 115 Å². The maximum atomic E-state index is 12.2. The fourth-order valence-corrected chi connectivity index (χ4v) is 2.29. The van der Waals surface area contributed by atoms with E-state index in [-0.39, 0.29) is 30.8 Å². The average molecular weight is 276 g/mol. The molecule has 1 N–H and O–H groups in total. The number of amides is 1. The number of hydrogen-bond donors (Lipinski definition) is 1. The molecule has 0 bridgehead atoms. The van der Waals surface area contributed by atoms with Crippen LogP contribution >= 0.6 is 0 Å². The summed E-state index contributed by atoms with van der Waals surface area (Å²) in [5.74, 6) is -0.174. The first kappa shape index (κ1) is 12.9. The SMILES string of the molecule is O=C(Cn1nc2ccccn2c1=O)N(CCO)C1CC1. The van der Waals surface area contributed by atoms with Gasteiger partial charge in [-0.3, -0.25) is 9.20 Å². The van der Waals surface area contributed by atoms with Gasteiger partial charge in [-0.2, -0.15) is 0 Å². The van der Waals surface area contributed by atoms with Gasteiger partial charge in [-0.1, -0.05) is 6.07 Å². The topological polar surface area (TPSA) is 79.8 Å². The van der Waals surface area contributed by atoms with E-state index in [2.05, 4.69) is 5.10 Å². The van der Waals surface area contributed by atoms with E-state index < -0.39 is 0 Å². The molecule has 1 aliphatic rings. The monoisotopic (exact) mass is 276 g/mol. The van der Waals surface area contributed by atoms with E-state index in [9.17, 15) is 9.59 Å². The van der Waals surface area contributed by atoms with E-state index in [4.69, 9.17) is 5.11 Å². The van der Waals surface area contributed by atoms with Crippen LogP contribution in [0.15, 0.2) is 29.2 Å². The molecular formula is C13H16N4O3. The molecule has 2 aromatic heterocycles. The molecule has 106 valence electrons. The number of aliphatic hydroxyl groups excluding tert-OH is 1. The summed E-state index contributed by atoms with van der Waals surface area (Å²) in [6.45, 7) is 0.158. The molecule has 0 unspecified atom stereocenters. The van der Waals surface area contributed by atoms with Gasteiger partial charge in [0.05, 0.1) is 6.61 Å². The Balaban J connectivity index is 1.83. The van der Waals surface area contributed by atoms with Crippen LogP contribution in [-0.2, 0) is 11.3 Å². The summed E-state index contributed by atoms with van der Waals surface area (Å²) >= 11 is 0. The average Bonchev–Trinajstić information content (AvgIpc) is 3.23. The van der Waals surface area contributed by atoms with Crippen LogP contribution in [0.1, 0.15) is 12.8 Å². The third-order valence-corrected chi connectivity index (χ3v) is 3.42. The van der Waals surface area contributed by atoms with Crippen molar-refractivity contribution >= 4 is 11.6 Å². The molecule has 1 fully saturated rings. The zero-order valence-electron chi connectivity index (χ0n) is 11.0. The molecule has 1 aliphatic carbocycles. The molecular weight excluding hydrogens is 260 g/mol. The summed E-state index contributed by atoms with van der Waals surface area (Å²) in [4.78, 5) is 25.9. The highest BCUT2D eigenvalue weighted by molar-refractivity contribution is 5.76. The van der Waals surface area contributed by atoms with Gasteiger partial charge in [0.2, 0.25) is 5.91 Å². The van der Waals surface area contributed by atoms with Crippen molar-refractivity contribution in [2.24, 2.45) is 0 Å². The van der Waals surface area contributed by atoms with Gasteiger partial charge >= 0.3 is 5.69 Å². The highest BCUT2D eigenvalue weighted by atomic mass is 16.3. The predicted octanol–water partition coefficient (Wildman–Crippen LogP) is -0.521. The largest absolute Gasteiger partial charge is 0.395 e. The van der Waals surface area contributed by atoms with Gasteiger partial charge < -0.3 is 10.0 Å². The van der Waals surface area contributed by atoms with Crippen LogP contribution in [0, 0.1) is 0 Å². The van der Waals surface area contributed by atoms with E-state index in [1.165, 1.54) is 9.08 Å². The van der Waals surface area contributed by atoms with Crippen LogP contribution < -0.4 is 5.69 Å². The summed E-state index contributed by atoms with van der Waals surface area (Å²) in [6.07, 6.45) is 3.55. The fourth-order valence-electron chi connectivity index (χ4n) is 2.29. The van der Waals surface area contributed by atoms with Gasteiger partial charge in [0, 0.05) is 18.8 Å². The molecule has 20 heavy (non-hydrogen) atoms. The van der Waals surface area contributed by atoms with Crippen molar-refractivity contribution in [1.82, 2.24) is 19.1 Å². The number of rotatable bonds is 5. The Hall–Kier alpha value is -2.15. The molecule has 0 saturated heterocycles. The first-order valence-electron chi connectivity index (χ1n) is 6.65. The van der Waals surface area contributed by atoms with Crippen LogP contribution in [0.2, 0.25) is 0 Å². The number of fused-ring (bicyclic) bond motifs is 1. The maximum Gasteiger partial charge on any atom is 0.350 e. The van der Waals surface area contributed by atoms with Crippen LogP contribution in [0.25, 0.3) is 5.65 Å². The van der Waals surface area contributed by atoms with E-state index in [0.29, 0.717) is 12.2 Å². The van der Waals surface area contributed by atoms with Crippen molar-refractivity contribution in [3.63, 3.8) is 0 Å². The Bertz CT molecular complexity index is 686. The van der Waals surface area contributed by atoms with E-state index in [0.717, 1.165) is 12.8 Å². The highest BCUT2D eigenvalue weighted by Gasteiger charge is 2.32. The molecule has 1 saturated carbocycles. The molecule has 0 aromatic carbocycles. The predicted molar refractivity (Wildman–Crippen MR) is 71.3 cm³/mol. The first-order valence-corrected chi connectivity index (χ1v) is 6.65. The minimum atomic E-state index is -0.325. The molecule has 0 spiro atoms. The van der Waals surface area contributed by atoms with Gasteiger partial charge in [0.1, 0.15) is 6.54 Å². The van der Waals surface area contributed by atoms with E-state index in [1.54, 1.807) is 29.3 Å². The minimum absolute atomic E-state index is 0.0672. The van der Waals surface area contributed by atoms with Crippen molar-refractivity contribution in [3.8, 4) is 0 Å². The molecule has 7 nitrogen and oxygen atoms in total. The summed E-state index contributed by atoms with van der Waals surface area (Å²) < 4.78 is 2.57. The van der Waals surface area contributed by atoms with E-state index >= 15 is 0 Å². The van der Waals surface area contributed by atoms with Crippen molar-refractivity contribution in [3.05, 3.63) is 34.9 Å². The molecule has 1 amide bonds. The van der Waals surface area contributed by atoms with Gasteiger partial charge in [0.25, 0.3) is 0 Å². The highest BCUT2D eigenvalue weighted by Crippen LogP contribution is 2.26. The van der Waals surface area contributed by atoms with E-state index in [1.807, 2.05) is 0 Å². The maximum absolute atomic E-state index is 12.2. The van der Waals surface area contributed by atoms with Crippen molar-refractivity contribution < 1.29 is 9.90 Å². The zero-order chi connectivity index (χ0) is 14.1. The summed E-state index contributed by atoms with van der Waals surface area (Å²) in [5.41, 5.74) is 0.194. The quantitative estimate of drug-likeness (QED) is 0.797. The normalized spacial score (nSPS) is 14.7. The fraction of sp³-hybridized carbons (Fsp3) is 0.462. The Kier molecular flexibility index (Phi) is 3.27. The van der Waals surface area contributed by atoms with Crippen LogP contribution in [0.4, 0.5) is 0 Å². The lowest BCUT2D eigenvalue weighted by atomic mass is 10.4. The van der Waals surface area contributed by atoms with Crippen molar-refractivity contribution in [2.75, 3.05) is 13.2 Å². The number of pyridine rings is 1. The lowest BCUT2D eigenvalue weighted by Gasteiger charge is -2.20. The van der Waals surface area contributed by atoms with Crippen molar-refractivity contribution in [2.45, 2.75) is 25.4 Å². The van der Waals surface area contributed by atoms with Gasteiger partial charge in [-0.15, -0.1) is 5.10 Å². The Morgan fingerprint density at radius 1 is 1.45 bits per heavy atom. The second kappa shape index (κ2) is 5.09. The third kappa shape index (κ3) is 2.32. The number of aliphatic hydroxyl groups is 1. The van der Waals surface area contributed by atoms with Gasteiger partial charge in [0.15, 0.2) is 5.65 Å². The lowest BCUT2D eigenvalue weighted by Crippen LogP contribution is -2.39. The lowest BCUT2D eigenvalue weighted by molar-refractivity contribution is -0.133. The Morgan fingerprint density at radius 3 is 2.90 bits per heavy atom. The number of carbonyl (C=O) groups excluding carboxylic acids is 1. The minimum Gasteiger partial charge on any atom is -0.395 e. The first-order chi connectivity index (χ1) is 9.70. The second-order valence-corrected chi connectivity index (χ2v) is 4.91. The molecule has 0 atom stereocenters. The van der Waals surface area contributed by atoms with Crippen molar-refractivity contribution in [1.29, 1.82) is 0 Å². The molecule has 0 aliphatic heterocycles. The van der Waals surface area contributed by atoms with Crippen LogP contribution in [0.5, 0.6) is 0 Å². The molecule has 7 heteroatoms. The Morgan fingerprint density at radius 2 is 2.25 bits per heavy atom. The van der Waals surface area contributed by atoms with Gasteiger partial charge in [-0.25, -0.2) is 9.48 Å². The molecule has 3 rings (SSSR count). The number of aromatic nitrogens is 3. The third-order valence-electron chi connectivity index (χ3n) is 3.42. The van der Waals surface area contributed by atoms with Crippen LogP contribution in [-0.4, -0.2) is 49.3 Å². The summed E-state index contributed by atoms with van der Waals surface area (Å²) in [5, 5.41) is 13.1. The molecule has 2 heterocycles. The zero-order valence-corrected chi connectivity index (χ0v) is 11.0. The number of hydrogen-bond acceptors (Lipinski definition) is 4. The summed E-state index contributed by atoms with van der Waals surface area (Å²) in [7, 11) is 0. The molecule has 0 radical (unpaired) electrons. The molecule has 2 aromatic rings. The van der Waals surface area contributed by atoms with Gasteiger partial charge in [-0.05, 0) is 25.0 Å². The number of nitrogens with zero attached hydrogens (tertiary/aromatic N) is 4. The second-order valence-electron chi connectivity index (χ2n) is 4.91. The smallest absolute Gasteiger partial charge is 0.350 e. The standard InChI is InChI=1S/C13H16N4O3/c18-8-7-15(10-4-5-10)12(19)9-17-13(20)16-6-2-1-3-11(16)14-17/h1-3,6,10,18H,4-5,7-9H2. The number of carbonyl (C=O) groups is 1. The van der Waals surface area contributed by atoms with Crippen LogP contribution in [0.3, 0.4) is 0 Å². The summed E-state index contributed by atoms with van der Waals surface area (Å²) in [6, 6.07) is 5.46.